The van der Waals surface area contributed by atoms with Crippen LogP contribution < -0.4 is 10.7 Å². The van der Waals surface area contributed by atoms with Crippen molar-refractivity contribution in [3.63, 3.8) is 0 Å². The largest absolute Gasteiger partial charge is 0.326 e. The van der Waals surface area contributed by atoms with Crippen LogP contribution >= 0.6 is 0 Å². The third-order valence-corrected chi connectivity index (χ3v) is 4.64. The zero-order valence-electron chi connectivity index (χ0n) is 16.9. The van der Waals surface area contributed by atoms with Crippen LogP contribution in [0.3, 0.4) is 0 Å². The third-order valence-electron chi connectivity index (χ3n) is 4.64. The number of hydrogen-bond donors (Lipinski definition) is 2. The van der Waals surface area contributed by atoms with Gasteiger partial charge >= 0.3 is 0 Å². The van der Waals surface area contributed by atoms with Gasteiger partial charge in [-0.25, -0.2) is 10.4 Å². The van der Waals surface area contributed by atoms with Crippen LogP contribution in [-0.2, 0) is 4.79 Å². The van der Waals surface area contributed by atoms with Crippen LogP contribution in [0.15, 0.2) is 90.0 Å². The normalized spacial score (nSPS) is 10.9. The molecule has 152 valence electrons. The molecule has 0 radical (unpaired) electrons. The Labute approximate surface area is 179 Å². The van der Waals surface area contributed by atoms with E-state index in [1.165, 1.54) is 6.92 Å². The van der Waals surface area contributed by atoms with E-state index in [1.807, 2.05) is 54.6 Å². The van der Waals surface area contributed by atoms with E-state index in [0.29, 0.717) is 11.3 Å². The zero-order chi connectivity index (χ0) is 21.6. The van der Waals surface area contributed by atoms with Gasteiger partial charge in [-0.1, -0.05) is 60.7 Å². The second-order valence-electron chi connectivity index (χ2n) is 6.94. The Balaban J connectivity index is 1.57. The molecular formula is C25H20N4O2. The van der Waals surface area contributed by atoms with Gasteiger partial charge < -0.3 is 5.32 Å². The number of hydrazone groups is 1. The molecule has 31 heavy (non-hydrogen) atoms. The second-order valence-corrected chi connectivity index (χ2v) is 6.94. The molecule has 0 spiro atoms. The van der Waals surface area contributed by atoms with Crippen molar-refractivity contribution >= 4 is 34.6 Å². The number of rotatable bonds is 5. The monoisotopic (exact) mass is 408 g/mol. The van der Waals surface area contributed by atoms with Gasteiger partial charge in [0.1, 0.15) is 0 Å². The zero-order valence-corrected chi connectivity index (χ0v) is 16.9. The summed E-state index contributed by atoms with van der Waals surface area (Å²) in [7, 11) is 0. The van der Waals surface area contributed by atoms with Crippen molar-refractivity contribution < 1.29 is 9.59 Å². The number of carbonyl (C=O) groups excluding carboxylic acids is 2. The molecule has 3 aromatic carbocycles. The average molecular weight is 408 g/mol. The molecule has 0 aliphatic heterocycles. The highest BCUT2D eigenvalue weighted by atomic mass is 16.2. The van der Waals surface area contributed by atoms with Crippen molar-refractivity contribution in [2.24, 2.45) is 5.10 Å². The van der Waals surface area contributed by atoms with Crippen LogP contribution in [0, 0.1) is 0 Å². The lowest BCUT2D eigenvalue weighted by molar-refractivity contribution is -0.114. The highest BCUT2D eigenvalue weighted by Gasteiger charge is 2.13. The molecular weight excluding hydrogens is 388 g/mol. The lowest BCUT2D eigenvalue weighted by atomic mass is 10.0. The molecule has 2 N–H and O–H groups in total. The molecule has 0 saturated carbocycles. The summed E-state index contributed by atoms with van der Waals surface area (Å²) in [5.41, 5.74) is 6.99. The van der Waals surface area contributed by atoms with Gasteiger partial charge in [-0.3, -0.25) is 9.59 Å². The summed E-state index contributed by atoms with van der Waals surface area (Å²) in [6.45, 7) is 1.46. The summed E-state index contributed by atoms with van der Waals surface area (Å²) < 4.78 is 0. The van der Waals surface area contributed by atoms with Crippen molar-refractivity contribution in [1.29, 1.82) is 0 Å². The van der Waals surface area contributed by atoms with Crippen molar-refractivity contribution in [1.82, 2.24) is 10.4 Å². The summed E-state index contributed by atoms with van der Waals surface area (Å²) in [6, 6.07) is 26.2. The SMILES string of the molecule is CC(=O)Nc1ccc(/C=N/NC(=O)c2cc(-c3ccccc3)nc3ccccc23)cc1. The molecule has 0 aliphatic carbocycles. The van der Waals surface area contributed by atoms with E-state index in [1.54, 1.807) is 36.5 Å². The summed E-state index contributed by atoms with van der Waals surface area (Å²) in [5.74, 6) is -0.449. The van der Waals surface area contributed by atoms with Crippen molar-refractivity contribution in [2.75, 3.05) is 5.32 Å². The predicted octanol–water partition coefficient (Wildman–Crippen LogP) is 4.62. The number of benzene rings is 3. The van der Waals surface area contributed by atoms with E-state index < -0.39 is 0 Å². The Morgan fingerprint density at radius 1 is 0.903 bits per heavy atom. The minimum absolute atomic E-state index is 0.131. The van der Waals surface area contributed by atoms with E-state index in [9.17, 15) is 9.59 Å². The molecule has 0 saturated heterocycles. The number of pyridine rings is 1. The van der Waals surface area contributed by atoms with Gasteiger partial charge in [-0.05, 0) is 29.8 Å². The maximum atomic E-state index is 12.9. The van der Waals surface area contributed by atoms with Crippen molar-refractivity contribution in [2.45, 2.75) is 6.92 Å². The fraction of sp³-hybridized carbons (Fsp3) is 0.0400. The first-order valence-electron chi connectivity index (χ1n) is 9.76. The molecule has 2 amide bonds. The van der Waals surface area contributed by atoms with E-state index in [4.69, 9.17) is 4.98 Å². The maximum absolute atomic E-state index is 12.9. The van der Waals surface area contributed by atoms with Crippen LogP contribution in [0.1, 0.15) is 22.8 Å². The summed E-state index contributed by atoms with van der Waals surface area (Å²) in [5, 5.41) is 7.55. The van der Waals surface area contributed by atoms with Crippen LogP contribution in [0.2, 0.25) is 0 Å². The highest BCUT2D eigenvalue weighted by Crippen LogP contribution is 2.24. The predicted molar refractivity (Wildman–Crippen MR) is 123 cm³/mol. The standard InChI is InChI=1S/C25H20N4O2/c1-17(30)27-20-13-11-18(12-14-20)16-26-29-25(31)22-15-24(19-7-3-2-4-8-19)28-23-10-6-5-9-21(22)23/h2-16H,1H3,(H,27,30)(H,29,31)/b26-16+. The summed E-state index contributed by atoms with van der Waals surface area (Å²) in [4.78, 5) is 28.7. The van der Waals surface area contributed by atoms with Gasteiger partial charge in [-0.2, -0.15) is 5.10 Å². The Kier molecular flexibility index (Phi) is 5.80. The van der Waals surface area contributed by atoms with Crippen molar-refractivity contribution in [3.8, 4) is 11.3 Å². The number of aromatic nitrogens is 1. The summed E-state index contributed by atoms with van der Waals surface area (Å²) >= 11 is 0. The van der Waals surface area contributed by atoms with Gasteiger partial charge in [0.05, 0.1) is 23.0 Å². The van der Waals surface area contributed by atoms with Crippen LogP contribution in [0.25, 0.3) is 22.2 Å². The van der Waals surface area contributed by atoms with Gasteiger partial charge in [0.15, 0.2) is 0 Å². The number of amides is 2. The van der Waals surface area contributed by atoms with Gasteiger partial charge in [-0.15, -0.1) is 0 Å². The molecule has 0 atom stereocenters. The number of nitrogens with zero attached hydrogens (tertiary/aromatic N) is 2. The number of anilines is 1. The molecule has 4 rings (SSSR count). The molecule has 6 nitrogen and oxygen atoms in total. The first-order chi connectivity index (χ1) is 15.1. The van der Waals surface area contributed by atoms with Crippen LogP contribution in [0.5, 0.6) is 0 Å². The van der Waals surface area contributed by atoms with Gasteiger partial charge in [0, 0.05) is 23.6 Å². The molecule has 0 unspecified atom stereocenters. The topological polar surface area (TPSA) is 83.5 Å². The quantitative estimate of drug-likeness (QED) is 0.373. The smallest absolute Gasteiger partial charge is 0.272 e. The number of hydrogen-bond acceptors (Lipinski definition) is 4. The molecule has 4 aromatic rings. The Hall–Kier alpha value is -4.32. The van der Waals surface area contributed by atoms with E-state index in [2.05, 4.69) is 15.8 Å². The third kappa shape index (κ3) is 4.82. The minimum Gasteiger partial charge on any atom is -0.326 e. The first kappa shape index (κ1) is 20.0. The minimum atomic E-state index is -0.318. The lowest BCUT2D eigenvalue weighted by Gasteiger charge is -2.09. The molecule has 0 fully saturated rings. The molecule has 0 aliphatic rings. The number of fused-ring (bicyclic) bond motifs is 1. The second kappa shape index (κ2) is 9.00. The van der Waals surface area contributed by atoms with E-state index >= 15 is 0 Å². The Morgan fingerprint density at radius 2 is 1.61 bits per heavy atom. The van der Waals surface area contributed by atoms with Crippen LogP contribution in [0.4, 0.5) is 5.69 Å². The molecule has 6 heteroatoms. The van der Waals surface area contributed by atoms with E-state index in [0.717, 1.165) is 27.7 Å². The average Bonchev–Trinajstić information content (AvgIpc) is 2.79. The summed E-state index contributed by atoms with van der Waals surface area (Å²) in [6.07, 6.45) is 1.55. The van der Waals surface area contributed by atoms with Crippen LogP contribution in [-0.4, -0.2) is 23.0 Å². The molecule has 1 heterocycles. The molecule has 1 aromatic heterocycles. The van der Waals surface area contributed by atoms with Gasteiger partial charge in [0.25, 0.3) is 5.91 Å². The maximum Gasteiger partial charge on any atom is 0.272 e. The highest BCUT2D eigenvalue weighted by molar-refractivity contribution is 6.07. The fourth-order valence-corrected chi connectivity index (χ4v) is 3.20. The fourth-order valence-electron chi connectivity index (χ4n) is 3.20. The Morgan fingerprint density at radius 3 is 2.35 bits per heavy atom. The number of carbonyl (C=O) groups is 2. The van der Waals surface area contributed by atoms with Gasteiger partial charge in [0.2, 0.25) is 5.91 Å². The number of nitrogens with one attached hydrogen (secondary N) is 2. The molecule has 0 bridgehead atoms. The Bertz CT molecular complexity index is 1270. The van der Waals surface area contributed by atoms with E-state index in [-0.39, 0.29) is 11.8 Å². The lowest BCUT2D eigenvalue weighted by Crippen LogP contribution is -2.18. The first-order valence-corrected chi connectivity index (χ1v) is 9.76. The number of para-hydroxylation sites is 1. The van der Waals surface area contributed by atoms with Crippen molar-refractivity contribution in [3.05, 3.63) is 96.1 Å².